The van der Waals surface area contributed by atoms with Crippen molar-refractivity contribution in [2.45, 2.75) is 78.1 Å². The fourth-order valence-corrected chi connectivity index (χ4v) is 2.51. The number of nitrogens with zero attached hydrogens (tertiary/aromatic N) is 2. The lowest BCUT2D eigenvalue weighted by molar-refractivity contribution is 0.349. The van der Waals surface area contributed by atoms with Crippen molar-refractivity contribution in [2.24, 2.45) is 0 Å². The zero-order chi connectivity index (χ0) is 16.3. The first-order chi connectivity index (χ1) is 10.4. The summed E-state index contributed by atoms with van der Waals surface area (Å²) in [5.41, 5.74) is 3.42. The third kappa shape index (κ3) is 3.99. The van der Waals surface area contributed by atoms with Gasteiger partial charge in [0.2, 0.25) is 0 Å². The van der Waals surface area contributed by atoms with Gasteiger partial charge in [0.15, 0.2) is 0 Å². The lowest BCUT2D eigenvalue weighted by Gasteiger charge is -2.12. The second kappa shape index (κ2) is 7.12. The fraction of sp³-hybridized carbons (Fsp3) is 0.667. The maximum atomic E-state index is 5.49. The predicted molar refractivity (Wildman–Crippen MR) is 89.3 cm³/mol. The molecule has 0 radical (unpaired) electrons. The van der Waals surface area contributed by atoms with Crippen molar-refractivity contribution in [3.63, 3.8) is 0 Å². The molecule has 0 spiro atoms. The largest absolute Gasteiger partial charge is 0.361 e. The van der Waals surface area contributed by atoms with Gasteiger partial charge in [-0.25, -0.2) is 0 Å². The van der Waals surface area contributed by atoms with E-state index in [1.807, 2.05) is 0 Å². The van der Waals surface area contributed by atoms with Crippen LogP contribution in [0.4, 0.5) is 0 Å². The molecule has 0 fully saturated rings. The second-order valence-electron chi connectivity index (χ2n) is 7.09. The van der Waals surface area contributed by atoms with Gasteiger partial charge >= 0.3 is 0 Å². The van der Waals surface area contributed by atoms with Crippen LogP contribution in [-0.2, 0) is 0 Å². The van der Waals surface area contributed by atoms with Gasteiger partial charge in [-0.3, -0.25) is 5.10 Å². The van der Waals surface area contributed by atoms with Crippen molar-refractivity contribution in [2.75, 3.05) is 0 Å². The summed E-state index contributed by atoms with van der Waals surface area (Å²) in [4.78, 5) is 0. The Bertz CT molecular complexity index is 530. The van der Waals surface area contributed by atoms with Crippen LogP contribution in [0.2, 0.25) is 0 Å². The standard InChI is InChI=1S/C18H29N3O/c1-11(2)15-9-17(20-19-15)13(5)7-8-14(6)18-10-16(12(3)4)21-22-18/h9-14H,7-8H2,1-6H3,(H,19,20). The molecule has 2 atom stereocenters. The Morgan fingerprint density at radius 1 is 0.909 bits per heavy atom. The van der Waals surface area contributed by atoms with E-state index in [4.69, 9.17) is 4.52 Å². The molecule has 2 rings (SSSR count). The molecule has 0 aromatic carbocycles. The molecular weight excluding hydrogens is 274 g/mol. The number of nitrogens with one attached hydrogen (secondary N) is 1. The first-order valence-electron chi connectivity index (χ1n) is 8.40. The van der Waals surface area contributed by atoms with Crippen LogP contribution in [0.5, 0.6) is 0 Å². The Hall–Kier alpha value is -1.58. The third-order valence-corrected chi connectivity index (χ3v) is 4.40. The minimum atomic E-state index is 0.398. The number of hydrogen-bond donors (Lipinski definition) is 1. The van der Waals surface area contributed by atoms with Gasteiger partial charge < -0.3 is 4.52 Å². The summed E-state index contributed by atoms with van der Waals surface area (Å²) < 4.78 is 5.49. The van der Waals surface area contributed by atoms with Crippen LogP contribution in [0.15, 0.2) is 16.7 Å². The van der Waals surface area contributed by atoms with Gasteiger partial charge in [0.25, 0.3) is 0 Å². The summed E-state index contributed by atoms with van der Waals surface area (Å²) in [5.74, 6) is 2.77. The Balaban J connectivity index is 1.90. The van der Waals surface area contributed by atoms with Gasteiger partial charge in [-0.2, -0.15) is 5.10 Å². The number of aromatic amines is 1. The summed E-state index contributed by atoms with van der Waals surface area (Å²) in [6.45, 7) is 13.1. The van der Waals surface area contributed by atoms with E-state index >= 15 is 0 Å². The molecule has 122 valence electrons. The van der Waals surface area contributed by atoms with Crippen molar-refractivity contribution in [3.05, 3.63) is 35.0 Å². The minimum absolute atomic E-state index is 0.398. The molecule has 0 bridgehead atoms. The van der Waals surface area contributed by atoms with Crippen molar-refractivity contribution in [1.29, 1.82) is 0 Å². The molecule has 22 heavy (non-hydrogen) atoms. The van der Waals surface area contributed by atoms with E-state index in [9.17, 15) is 0 Å². The van der Waals surface area contributed by atoms with Gasteiger partial charge in [0.05, 0.1) is 11.4 Å². The zero-order valence-electron chi connectivity index (χ0n) is 14.7. The maximum absolute atomic E-state index is 5.49. The number of hydrogen-bond acceptors (Lipinski definition) is 3. The Morgan fingerprint density at radius 2 is 1.55 bits per heavy atom. The molecule has 2 aromatic rings. The van der Waals surface area contributed by atoms with Crippen LogP contribution in [0.3, 0.4) is 0 Å². The van der Waals surface area contributed by atoms with E-state index in [0.29, 0.717) is 23.7 Å². The summed E-state index contributed by atoms with van der Waals surface area (Å²) in [7, 11) is 0. The lowest BCUT2D eigenvalue weighted by Crippen LogP contribution is -1.99. The molecule has 0 amide bonds. The summed E-state index contributed by atoms with van der Waals surface area (Å²) in [6, 6.07) is 4.30. The molecule has 2 heterocycles. The Kier molecular flexibility index (Phi) is 5.43. The van der Waals surface area contributed by atoms with Crippen LogP contribution in [0.1, 0.15) is 101 Å². The van der Waals surface area contributed by atoms with E-state index in [1.54, 1.807) is 0 Å². The lowest BCUT2D eigenvalue weighted by atomic mass is 9.93. The SMILES string of the molecule is CC(C)c1cc(C(C)CCC(C)c2cc(C(C)C)no2)[nH]n1. The van der Waals surface area contributed by atoms with Gasteiger partial charge in [-0.1, -0.05) is 46.7 Å². The van der Waals surface area contributed by atoms with Gasteiger partial charge in [-0.15, -0.1) is 0 Å². The first kappa shape index (κ1) is 16.8. The average Bonchev–Trinajstić information content (AvgIpc) is 3.12. The summed E-state index contributed by atoms with van der Waals surface area (Å²) >= 11 is 0. The molecule has 0 aliphatic heterocycles. The highest BCUT2D eigenvalue weighted by molar-refractivity contribution is 5.16. The summed E-state index contributed by atoms with van der Waals surface area (Å²) in [6.07, 6.45) is 2.20. The molecule has 0 aliphatic rings. The molecule has 0 saturated heterocycles. The number of rotatable bonds is 7. The topological polar surface area (TPSA) is 54.7 Å². The van der Waals surface area contributed by atoms with Crippen molar-refractivity contribution >= 4 is 0 Å². The molecule has 1 N–H and O–H groups in total. The van der Waals surface area contributed by atoms with Crippen molar-refractivity contribution in [3.8, 4) is 0 Å². The molecule has 0 saturated carbocycles. The van der Waals surface area contributed by atoms with Crippen LogP contribution in [0, 0.1) is 0 Å². The van der Waals surface area contributed by atoms with Gasteiger partial charge in [0, 0.05) is 17.7 Å². The van der Waals surface area contributed by atoms with Crippen LogP contribution in [0.25, 0.3) is 0 Å². The average molecular weight is 303 g/mol. The third-order valence-electron chi connectivity index (χ3n) is 4.40. The summed E-state index contributed by atoms with van der Waals surface area (Å²) in [5, 5.41) is 11.7. The fourth-order valence-electron chi connectivity index (χ4n) is 2.51. The highest BCUT2D eigenvalue weighted by atomic mass is 16.5. The minimum Gasteiger partial charge on any atom is -0.361 e. The van der Waals surface area contributed by atoms with E-state index in [-0.39, 0.29) is 0 Å². The predicted octanol–water partition coefficient (Wildman–Crippen LogP) is 5.33. The molecule has 2 aromatic heterocycles. The Labute approximate surface area is 133 Å². The highest BCUT2D eigenvalue weighted by Crippen LogP contribution is 2.29. The van der Waals surface area contributed by atoms with E-state index in [0.717, 1.165) is 30.0 Å². The zero-order valence-corrected chi connectivity index (χ0v) is 14.7. The van der Waals surface area contributed by atoms with Gasteiger partial charge in [0.1, 0.15) is 5.76 Å². The Morgan fingerprint density at radius 3 is 2.09 bits per heavy atom. The number of aromatic nitrogens is 3. The van der Waals surface area contributed by atoms with E-state index < -0.39 is 0 Å². The molecular formula is C18H29N3O. The number of H-pyrrole nitrogens is 1. The first-order valence-corrected chi connectivity index (χ1v) is 8.40. The maximum Gasteiger partial charge on any atom is 0.139 e. The monoisotopic (exact) mass is 303 g/mol. The normalized spacial score (nSPS) is 14.7. The van der Waals surface area contributed by atoms with Crippen LogP contribution >= 0.6 is 0 Å². The van der Waals surface area contributed by atoms with Gasteiger partial charge in [-0.05, 0) is 36.7 Å². The van der Waals surface area contributed by atoms with Crippen LogP contribution < -0.4 is 0 Å². The molecule has 4 heteroatoms. The molecule has 0 aliphatic carbocycles. The van der Waals surface area contributed by atoms with E-state index in [1.165, 1.54) is 5.69 Å². The van der Waals surface area contributed by atoms with Crippen LogP contribution in [-0.4, -0.2) is 15.4 Å². The van der Waals surface area contributed by atoms with Crippen molar-refractivity contribution < 1.29 is 4.52 Å². The smallest absolute Gasteiger partial charge is 0.139 e. The molecule has 2 unspecified atom stereocenters. The molecule has 4 nitrogen and oxygen atoms in total. The quantitative estimate of drug-likeness (QED) is 0.752. The second-order valence-corrected chi connectivity index (χ2v) is 7.09. The van der Waals surface area contributed by atoms with E-state index in [2.05, 4.69) is 69.0 Å². The highest BCUT2D eigenvalue weighted by Gasteiger charge is 2.17. The van der Waals surface area contributed by atoms with Crippen molar-refractivity contribution in [1.82, 2.24) is 15.4 Å².